The maximum absolute atomic E-state index is 11.4. The Balaban J connectivity index is 1.68. The molecular formula is C14H24N4O2S2. The zero-order valence-corrected chi connectivity index (χ0v) is 14.4. The number of thiazole rings is 1. The van der Waals surface area contributed by atoms with Gasteiger partial charge in [-0.3, -0.25) is 4.90 Å². The highest BCUT2D eigenvalue weighted by atomic mass is 32.2. The van der Waals surface area contributed by atoms with Gasteiger partial charge in [0.2, 0.25) is 10.0 Å². The lowest BCUT2D eigenvalue weighted by molar-refractivity contribution is 0.182. The number of anilines is 1. The Morgan fingerprint density at radius 2 is 1.86 bits per heavy atom. The van der Waals surface area contributed by atoms with Gasteiger partial charge in [-0.2, -0.15) is 0 Å². The molecule has 8 heteroatoms. The van der Waals surface area contributed by atoms with Crippen LogP contribution in [0.1, 0.15) is 38.5 Å². The Hall–Kier alpha value is -0.700. The van der Waals surface area contributed by atoms with Crippen molar-refractivity contribution in [3.05, 3.63) is 6.20 Å². The van der Waals surface area contributed by atoms with Crippen LogP contribution in [0.25, 0.3) is 0 Å². The maximum atomic E-state index is 11.4. The second-order valence-corrected chi connectivity index (χ2v) is 9.00. The highest BCUT2D eigenvalue weighted by Gasteiger charge is 2.27. The highest BCUT2D eigenvalue weighted by molar-refractivity contribution is 7.91. The van der Waals surface area contributed by atoms with Gasteiger partial charge in [-0.15, -0.1) is 0 Å². The van der Waals surface area contributed by atoms with Crippen LogP contribution < -0.4 is 10.0 Å². The van der Waals surface area contributed by atoms with Crippen LogP contribution in [0.3, 0.4) is 0 Å². The summed E-state index contributed by atoms with van der Waals surface area (Å²) in [5.74, 6) is 0. The van der Waals surface area contributed by atoms with Crippen molar-refractivity contribution in [2.75, 3.05) is 31.1 Å². The van der Waals surface area contributed by atoms with E-state index in [-0.39, 0.29) is 4.21 Å². The Kier molecular flexibility index (Phi) is 5.01. The standard InChI is InChI=1S/C14H24N4O2S2/c15-22(19,20)13-10-16-14(21-13)18-9-5-6-12(11-18)17-7-3-1-2-4-8-17/h10,12H,1-9,11H2,(H2,15,19,20). The highest BCUT2D eigenvalue weighted by Crippen LogP contribution is 2.29. The number of piperidine rings is 1. The van der Waals surface area contributed by atoms with Gasteiger partial charge in [0, 0.05) is 19.1 Å². The van der Waals surface area contributed by atoms with Gasteiger partial charge in [0.05, 0.1) is 6.20 Å². The first kappa shape index (κ1) is 16.2. The topological polar surface area (TPSA) is 79.5 Å². The molecule has 0 aliphatic carbocycles. The summed E-state index contributed by atoms with van der Waals surface area (Å²) in [6.45, 7) is 4.27. The summed E-state index contributed by atoms with van der Waals surface area (Å²) in [5.41, 5.74) is 0. The average Bonchev–Trinajstić information content (AvgIpc) is 2.84. The third-order valence-corrected chi connectivity index (χ3v) is 7.04. The Labute approximate surface area is 136 Å². The molecule has 2 aliphatic heterocycles. The van der Waals surface area contributed by atoms with Gasteiger partial charge in [0.15, 0.2) is 9.34 Å². The predicted octanol–water partition coefficient (Wildman–Crippen LogP) is 1.64. The monoisotopic (exact) mass is 344 g/mol. The molecule has 1 atom stereocenters. The number of nitrogens with two attached hydrogens (primary N) is 1. The minimum atomic E-state index is -3.64. The van der Waals surface area contributed by atoms with Crippen molar-refractivity contribution >= 4 is 26.5 Å². The van der Waals surface area contributed by atoms with Gasteiger partial charge in [-0.05, 0) is 38.8 Å². The van der Waals surface area contributed by atoms with E-state index in [1.54, 1.807) is 0 Å². The third-order valence-electron chi connectivity index (χ3n) is 4.58. The van der Waals surface area contributed by atoms with Crippen LogP contribution in [0, 0.1) is 0 Å². The number of hydrogen-bond acceptors (Lipinski definition) is 6. The van der Waals surface area contributed by atoms with Gasteiger partial charge in [0.1, 0.15) is 0 Å². The molecule has 0 saturated carbocycles. The number of nitrogens with zero attached hydrogens (tertiary/aromatic N) is 3. The molecule has 0 aromatic carbocycles. The van der Waals surface area contributed by atoms with Gasteiger partial charge in [0.25, 0.3) is 0 Å². The summed E-state index contributed by atoms with van der Waals surface area (Å²) in [6.07, 6.45) is 9.02. The Morgan fingerprint density at radius 3 is 2.50 bits per heavy atom. The van der Waals surface area contributed by atoms with Gasteiger partial charge in [-0.25, -0.2) is 18.5 Å². The summed E-state index contributed by atoms with van der Waals surface area (Å²) in [6, 6.07) is 0.564. The first-order valence-electron chi connectivity index (χ1n) is 8.02. The first-order valence-corrected chi connectivity index (χ1v) is 10.4. The van der Waals surface area contributed by atoms with E-state index in [0.717, 1.165) is 24.6 Å². The number of primary sulfonamides is 1. The van der Waals surface area contributed by atoms with Crippen molar-refractivity contribution in [2.45, 2.75) is 48.8 Å². The fraction of sp³-hybridized carbons (Fsp3) is 0.786. The van der Waals surface area contributed by atoms with Crippen molar-refractivity contribution < 1.29 is 8.42 Å². The lowest BCUT2D eigenvalue weighted by Gasteiger charge is -2.39. The van der Waals surface area contributed by atoms with Crippen LogP contribution in [0.4, 0.5) is 5.13 Å². The van der Waals surface area contributed by atoms with Crippen molar-refractivity contribution in [1.82, 2.24) is 9.88 Å². The molecule has 0 radical (unpaired) electrons. The minimum absolute atomic E-state index is 0.152. The molecule has 1 aromatic rings. The molecule has 2 saturated heterocycles. The van der Waals surface area contributed by atoms with Crippen LogP contribution in [0.5, 0.6) is 0 Å². The Bertz CT molecular complexity index is 594. The number of aromatic nitrogens is 1. The molecule has 6 nitrogen and oxygen atoms in total. The van der Waals surface area contributed by atoms with Crippen LogP contribution in [0.2, 0.25) is 0 Å². The van der Waals surface area contributed by atoms with E-state index >= 15 is 0 Å². The lowest BCUT2D eigenvalue weighted by atomic mass is 10.0. The molecule has 0 amide bonds. The van der Waals surface area contributed by atoms with Crippen LogP contribution in [-0.4, -0.2) is 50.5 Å². The average molecular weight is 345 g/mol. The smallest absolute Gasteiger partial charge is 0.249 e. The molecule has 22 heavy (non-hydrogen) atoms. The molecule has 2 N–H and O–H groups in total. The van der Waals surface area contributed by atoms with E-state index in [9.17, 15) is 8.42 Å². The number of sulfonamides is 1. The number of rotatable bonds is 3. The molecule has 2 aliphatic rings. The van der Waals surface area contributed by atoms with Gasteiger partial charge in [-0.1, -0.05) is 24.2 Å². The van der Waals surface area contributed by atoms with E-state index in [0.29, 0.717) is 6.04 Å². The SMILES string of the molecule is NS(=O)(=O)c1cnc(N2CCCC(N3CCCCCC3)C2)s1. The van der Waals surface area contributed by atoms with Crippen LogP contribution >= 0.6 is 11.3 Å². The molecule has 124 valence electrons. The minimum Gasteiger partial charge on any atom is -0.346 e. The lowest BCUT2D eigenvalue weighted by Crippen LogP contribution is -2.48. The van der Waals surface area contributed by atoms with Gasteiger partial charge >= 0.3 is 0 Å². The van der Waals surface area contributed by atoms with Crippen molar-refractivity contribution in [1.29, 1.82) is 0 Å². The summed E-state index contributed by atoms with van der Waals surface area (Å²) in [7, 11) is -3.64. The molecule has 0 bridgehead atoms. The largest absolute Gasteiger partial charge is 0.346 e. The number of likely N-dealkylation sites (tertiary alicyclic amines) is 1. The van der Waals surface area contributed by atoms with Crippen molar-refractivity contribution in [3.8, 4) is 0 Å². The zero-order valence-electron chi connectivity index (χ0n) is 12.8. The second kappa shape index (κ2) is 6.82. The summed E-state index contributed by atoms with van der Waals surface area (Å²) < 4.78 is 23.0. The van der Waals surface area contributed by atoms with E-state index in [4.69, 9.17) is 5.14 Å². The quantitative estimate of drug-likeness (QED) is 0.901. The fourth-order valence-corrected chi connectivity index (χ4v) is 4.99. The molecular weight excluding hydrogens is 320 g/mol. The Morgan fingerprint density at radius 1 is 1.14 bits per heavy atom. The molecule has 1 aromatic heterocycles. The van der Waals surface area contributed by atoms with E-state index < -0.39 is 10.0 Å². The fourth-order valence-electron chi connectivity index (χ4n) is 3.42. The second-order valence-electron chi connectivity index (χ2n) is 6.20. The van der Waals surface area contributed by atoms with E-state index in [1.165, 1.54) is 62.7 Å². The molecule has 2 fully saturated rings. The van der Waals surface area contributed by atoms with Crippen LogP contribution in [0.15, 0.2) is 10.4 Å². The van der Waals surface area contributed by atoms with E-state index in [2.05, 4.69) is 14.8 Å². The number of hydrogen-bond donors (Lipinski definition) is 1. The zero-order chi connectivity index (χ0) is 15.6. The third kappa shape index (κ3) is 3.79. The predicted molar refractivity (Wildman–Crippen MR) is 88.8 cm³/mol. The van der Waals surface area contributed by atoms with Crippen molar-refractivity contribution in [2.24, 2.45) is 5.14 Å². The van der Waals surface area contributed by atoms with Crippen molar-refractivity contribution in [3.63, 3.8) is 0 Å². The first-order chi connectivity index (χ1) is 10.5. The van der Waals surface area contributed by atoms with E-state index in [1.807, 2.05) is 0 Å². The molecule has 1 unspecified atom stereocenters. The molecule has 0 spiro atoms. The molecule has 3 rings (SSSR count). The summed E-state index contributed by atoms with van der Waals surface area (Å²) in [5, 5.41) is 5.96. The normalized spacial score (nSPS) is 25.1. The summed E-state index contributed by atoms with van der Waals surface area (Å²) >= 11 is 1.18. The molecule has 3 heterocycles. The van der Waals surface area contributed by atoms with Crippen LogP contribution in [-0.2, 0) is 10.0 Å². The maximum Gasteiger partial charge on any atom is 0.249 e. The van der Waals surface area contributed by atoms with Gasteiger partial charge < -0.3 is 4.90 Å². The summed E-state index contributed by atoms with van der Waals surface area (Å²) in [4.78, 5) is 9.11.